The summed E-state index contributed by atoms with van der Waals surface area (Å²) in [6, 6.07) is 10.7. The molecule has 0 radical (unpaired) electrons. The zero-order chi connectivity index (χ0) is 18.2. The topological polar surface area (TPSA) is 76.7 Å². The van der Waals surface area contributed by atoms with Crippen LogP contribution in [0.25, 0.3) is 10.8 Å². The van der Waals surface area contributed by atoms with Crippen molar-refractivity contribution in [1.29, 1.82) is 0 Å². The number of benzene rings is 2. The maximum absolute atomic E-state index is 11.8. The normalized spacial score (nSPS) is 10.6. The number of ether oxygens (including phenoxy) is 2. The molecule has 6 heteroatoms. The summed E-state index contributed by atoms with van der Waals surface area (Å²) < 4.78 is 10.7. The molecule has 0 unspecified atom stereocenters. The van der Waals surface area contributed by atoms with Crippen LogP contribution in [0.5, 0.6) is 11.5 Å². The van der Waals surface area contributed by atoms with Gasteiger partial charge in [0.25, 0.3) is 5.91 Å². The van der Waals surface area contributed by atoms with Crippen LogP contribution in [0.3, 0.4) is 0 Å². The van der Waals surface area contributed by atoms with E-state index in [1.807, 2.05) is 30.3 Å². The molecule has 134 valence electrons. The van der Waals surface area contributed by atoms with Gasteiger partial charge in [0.05, 0.1) is 7.11 Å². The van der Waals surface area contributed by atoms with Crippen LogP contribution in [0, 0.1) is 5.92 Å². The Morgan fingerprint density at radius 3 is 2.40 bits per heavy atom. The van der Waals surface area contributed by atoms with Gasteiger partial charge < -0.3 is 14.8 Å². The molecular weight excluding hydrogens is 320 g/mol. The van der Waals surface area contributed by atoms with Crippen molar-refractivity contribution in [3.8, 4) is 11.5 Å². The molecule has 2 aromatic carbocycles. The van der Waals surface area contributed by atoms with Crippen molar-refractivity contribution in [2.75, 3.05) is 20.3 Å². The second kappa shape index (κ2) is 8.92. The van der Waals surface area contributed by atoms with E-state index in [4.69, 9.17) is 9.47 Å². The van der Waals surface area contributed by atoms with E-state index in [2.05, 4.69) is 24.5 Å². The van der Waals surface area contributed by atoms with Crippen molar-refractivity contribution < 1.29 is 19.1 Å². The first-order chi connectivity index (χ1) is 12.0. The Bertz CT molecular complexity index is 743. The van der Waals surface area contributed by atoms with Gasteiger partial charge in [-0.05, 0) is 47.4 Å². The van der Waals surface area contributed by atoms with Crippen LogP contribution in [0.15, 0.2) is 36.4 Å². The Balaban J connectivity index is 1.84. The van der Waals surface area contributed by atoms with Crippen LogP contribution >= 0.6 is 0 Å². The van der Waals surface area contributed by atoms with Gasteiger partial charge in [0.1, 0.15) is 11.5 Å². The van der Waals surface area contributed by atoms with Crippen LogP contribution in [-0.2, 0) is 4.79 Å². The van der Waals surface area contributed by atoms with Crippen LogP contribution < -0.4 is 20.1 Å². The monoisotopic (exact) mass is 344 g/mol. The number of carbonyl (C=O) groups is 2. The summed E-state index contributed by atoms with van der Waals surface area (Å²) in [6.07, 6.45) is 0.860. The fourth-order valence-electron chi connectivity index (χ4n) is 2.25. The van der Waals surface area contributed by atoms with Gasteiger partial charge in [-0.3, -0.25) is 10.1 Å². The Morgan fingerprint density at radius 2 is 1.72 bits per heavy atom. The molecular formula is C19H24N2O4. The van der Waals surface area contributed by atoms with Crippen molar-refractivity contribution in [3.63, 3.8) is 0 Å². The lowest BCUT2D eigenvalue weighted by molar-refractivity contribution is -0.122. The number of amides is 3. The van der Waals surface area contributed by atoms with E-state index in [-0.39, 0.29) is 6.61 Å². The highest BCUT2D eigenvalue weighted by molar-refractivity contribution is 5.95. The molecule has 0 spiro atoms. The minimum Gasteiger partial charge on any atom is -0.497 e. The third-order valence-electron chi connectivity index (χ3n) is 3.65. The second-order valence-corrected chi connectivity index (χ2v) is 6.15. The molecule has 0 aliphatic heterocycles. The molecule has 3 amide bonds. The van der Waals surface area contributed by atoms with E-state index >= 15 is 0 Å². The molecule has 0 heterocycles. The quantitative estimate of drug-likeness (QED) is 0.809. The number of rotatable bonds is 7. The van der Waals surface area contributed by atoms with Gasteiger partial charge in [-0.15, -0.1) is 0 Å². The van der Waals surface area contributed by atoms with Gasteiger partial charge in [0.15, 0.2) is 6.61 Å². The summed E-state index contributed by atoms with van der Waals surface area (Å²) in [5, 5.41) is 6.88. The highest BCUT2D eigenvalue weighted by atomic mass is 16.5. The van der Waals surface area contributed by atoms with E-state index in [9.17, 15) is 9.59 Å². The smallest absolute Gasteiger partial charge is 0.321 e. The number of imide groups is 1. The van der Waals surface area contributed by atoms with E-state index < -0.39 is 11.9 Å². The maximum Gasteiger partial charge on any atom is 0.321 e. The van der Waals surface area contributed by atoms with Gasteiger partial charge in [0.2, 0.25) is 0 Å². The molecule has 2 N–H and O–H groups in total. The third-order valence-corrected chi connectivity index (χ3v) is 3.65. The molecule has 2 rings (SSSR count). The van der Waals surface area contributed by atoms with Crippen molar-refractivity contribution >= 4 is 22.7 Å². The molecule has 0 atom stereocenters. The molecule has 0 aromatic heterocycles. The third kappa shape index (κ3) is 5.99. The Morgan fingerprint density at radius 1 is 1.04 bits per heavy atom. The lowest BCUT2D eigenvalue weighted by Gasteiger charge is -2.10. The number of hydrogen-bond donors (Lipinski definition) is 2. The van der Waals surface area contributed by atoms with Gasteiger partial charge in [-0.1, -0.05) is 26.0 Å². The zero-order valence-electron chi connectivity index (χ0n) is 14.8. The summed E-state index contributed by atoms with van der Waals surface area (Å²) in [7, 11) is 1.61. The van der Waals surface area contributed by atoms with Gasteiger partial charge in [-0.2, -0.15) is 0 Å². The highest BCUT2D eigenvalue weighted by Gasteiger charge is 2.08. The molecule has 0 saturated carbocycles. The molecule has 0 bridgehead atoms. The number of hydrogen-bond acceptors (Lipinski definition) is 4. The van der Waals surface area contributed by atoms with Gasteiger partial charge >= 0.3 is 6.03 Å². The summed E-state index contributed by atoms with van der Waals surface area (Å²) in [6.45, 7) is 4.44. The zero-order valence-corrected chi connectivity index (χ0v) is 14.8. The predicted octanol–water partition coefficient (Wildman–Crippen LogP) is 3.10. The van der Waals surface area contributed by atoms with Crippen molar-refractivity contribution in [2.45, 2.75) is 20.3 Å². The number of fused-ring (bicyclic) bond motifs is 1. The summed E-state index contributed by atoms with van der Waals surface area (Å²) >= 11 is 0. The summed E-state index contributed by atoms with van der Waals surface area (Å²) in [5.41, 5.74) is 0. The number of urea groups is 1. The molecule has 0 fully saturated rings. The highest BCUT2D eigenvalue weighted by Crippen LogP contribution is 2.24. The largest absolute Gasteiger partial charge is 0.497 e. The van der Waals surface area contributed by atoms with E-state index in [0.29, 0.717) is 18.2 Å². The Labute approximate surface area is 147 Å². The first kappa shape index (κ1) is 18.6. The van der Waals surface area contributed by atoms with Crippen molar-refractivity contribution in [3.05, 3.63) is 36.4 Å². The molecule has 25 heavy (non-hydrogen) atoms. The minimum absolute atomic E-state index is 0.229. The Hall–Kier alpha value is -2.76. The lowest BCUT2D eigenvalue weighted by atomic mass is 10.1. The Kier molecular flexibility index (Phi) is 6.62. The molecule has 0 aliphatic carbocycles. The van der Waals surface area contributed by atoms with Gasteiger partial charge in [0, 0.05) is 6.54 Å². The predicted molar refractivity (Wildman–Crippen MR) is 97.0 cm³/mol. The van der Waals surface area contributed by atoms with Crippen molar-refractivity contribution in [2.24, 2.45) is 5.92 Å². The fraction of sp³-hybridized carbons (Fsp3) is 0.368. The minimum atomic E-state index is -0.502. The number of carbonyl (C=O) groups excluding carboxylic acids is 2. The fourth-order valence-corrected chi connectivity index (χ4v) is 2.25. The van der Waals surface area contributed by atoms with Crippen LogP contribution in [-0.4, -0.2) is 32.2 Å². The average Bonchev–Trinajstić information content (AvgIpc) is 2.58. The number of nitrogens with one attached hydrogen (secondary N) is 2. The molecule has 6 nitrogen and oxygen atoms in total. The van der Waals surface area contributed by atoms with Gasteiger partial charge in [-0.25, -0.2) is 4.79 Å². The molecule has 2 aromatic rings. The second-order valence-electron chi connectivity index (χ2n) is 6.15. The van der Waals surface area contributed by atoms with E-state index in [1.165, 1.54) is 0 Å². The van der Waals surface area contributed by atoms with Crippen LogP contribution in [0.4, 0.5) is 4.79 Å². The molecule has 0 saturated heterocycles. The lowest BCUT2D eigenvalue weighted by Crippen LogP contribution is -2.42. The standard InChI is InChI=1S/C19H24N2O4/c1-13(2)8-9-20-19(23)21-18(22)12-25-17-7-5-14-4-6-16(24-3)10-15(14)11-17/h4-7,10-11,13H,8-9,12H2,1-3H3,(H2,20,21,22,23). The number of methoxy groups -OCH3 is 1. The van der Waals surface area contributed by atoms with Crippen LogP contribution in [0.1, 0.15) is 20.3 Å². The van der Waals surface area contributed by atoms with E-state index in [1.54, 1.807) is 13.2 Å². The van der Waals surface area contributed by atoms with Crippen molar-refractivity contribution in [1.82, 2.24) is 10.6 Å². The summed E-state index contributed by atoms with van der Waals surface area (Å²) in [4.78, 5) is 23.4. The maximum atomic E-state index is 11.8. The van der Waals surface area contributed by atoms with Crippen LogP contribution in [0.2, 0.25) is 0 Å². The van der Waals surface area contributed by atoms with E-state index in [0.717, 1.165) is 22.9 Å². The summed E-state index contributed by atoms with van der Waals surface area (Å²) in [5.74, 6) is 1.30. The first-order valence-corrected chi connectivity index (χ1v) is 8.26. The SMILES string of the molecule is COc1ccc2ccc(OCC(=O)NC(=O)NCCC(C)C)cc2c1. The average molecular weight is 344 g/mol. The first-order valence-electron chi connectivity index (χ1n) is 8.26. The molecule has 0 aliphatic rings.